The van der Waals surface area contributed by atoms with Crippen molar-refractivity contribution in [3.05, 3.63) is 24.3 Å². The molecule has 5 heteroatoms. The Morgan fingerprint density at radius 1 is 1.33 bits per heavy atom. The van der Waals surface area contributed by atoms with Gasteiger partial charge in [-0.1, -0.05) is 19.1 Å². The van der Waals surface area contributed by atoms with Gasteiger partial charge in [-0.15, -0.1) is 0 Å². The van der Waals surface area contributed by atoms with Gasteiger partial charge in [-0.25, -0.2) is 8.42 Å². The van der Waals surface area contributed by atoms with E-state index in [2.05, 4.69) is 17.2 Å². The van der Waals surface area contributed by atoms with Gasteiger partial charge in [0.1, 0.15) is 0 Å². The normalized spacial score (nSPS) is 11.8. The molecule has 0 fully saturated rings. The van der Waals surface area contributed by atoms with Gasteiger partial charge in [0.25, 0.3) is 0 Å². The number of benzene rings is 1. The fraction of sp³-hybridized carbons (Fsp3) is 0.200. The van der Waals surface area contributed by atoms with Crippen LogP contribution in [0.1, 0.15) is 6.92 Å². The Bertz CT molecular complexity index is 461. The third kappa shape index (κ3) is 3.21. The Hall–Kier alpha value is -1.07. The lowest BCUT2D eigenvalue weighted by Gasteiger charge is -2.00. The van der Waals surface area contributed by atoms with E-state index in [0.29, 0.717) is 10.6 Å². The third-order valence-corrected chi connectivity index (χ3v) is 3.73. The molecule has 0 aromatic heterocycles. The van der Waals surface area contributed by atoms with Crippen LogP contribution in [0.5, 0.6) is 0 Å². The average molecular weight is 241 g/mol. The van der Waals surface area contributed by atoms with E-state index in [0.717, 1.165) is 0 Å². The van der Waals surface area contributed by atoms with Gasteiger partial charge in [-0.05, 0) is 24.3 Å². The van der Waals surface area contributed by atoms with E-state index in [1.165, 1.54) is 11.6 Å². The lowest BCUT2D eigenvalue weighted by Crippen LogP contribution is -2.02. The first-order valence-electron chi connectivity index (χ1n) is 4.41. The molecule has 1 rings (SSSR count). The first-order valence-corrected chi connectivity index (χ1v) is 6.53. The van der Waals surface area contributed by atoms with Gasteiger partial charge in [-0.3, -0.25) is 4.99 Å². The summed E-state index contributed by atoms with van der Waals surface area (Å²) in [5.41, 5.74) is 0.686. The van der Waals surface area contributed by atoms with Gasteiger partial charge < -0.3 is 0 Å². The maximum absolute atomic E-state index is 11.5. The molecule has 0 saturated carbocycles. The molecule has 0 spiro atoms. The van der Waals surface area contributed by atoms with Crippen LogP contribution in [0.25, 0.3) is 0 Å². The molecule has 0 aliphatic carbocycles. The predicted molar refractivity (Wildman–Crippen MR) is 66.0 cm³/mol. The molecule has 15 heavy (non-hydrogen) atoms. The van der Waals surface area contributed by atoms with Crippen molar-refractivity contribution in [2.45, 2.75) is 11.8 Å². The van der Waals surface area contributed by atoms with Crippen LogP contribution in [-0.2, 0) is 9.84 Å². The van der Waals surface area contributed by atoms with E-state index in [1.807, 2.05) is 0 Å². The molecule has 80 valence electrons. The molecule has 0 saturated heterocycles. The molecule has 0 heterocycles. The highest BCUT2D eigenvalue weighted by Crippen LogP contribution is 2.16. The van der Waals surface area contributed by atoms with E-state index in [9.17, 15) is 8.42 Å². The lowest BCUT2D eigenvalue weighted by atomic mass is 10.3. The van der Waals surface area contributed by atoms with Crippen LogP contribution in [-0.4, -0.2) is 25.8 Å². The molecule has 0 unspecified atom stereocenters. The van der Waals surface area contributed by atoms with E-state index in [-0.39, 0.29) is 5.75 Å². The number of aliphatic imine (C=N–C) groups is 1. The number of rotatable bonds is 4. The SMILES string of the molecule is CCS(=O)(=O)c1ccc(N=CC=S)cc1. The Balaban J connectivity index is 3.00. The number of thiocarbonyl (C=S) groups is 1. The number of sulfone groups is 1. The molecule has 0 radical (unpaired) electrons. The number of hydrogen-bond donors (Lipinski definition) is 0. The molecule has 3 nitrogen and oxygen atoms in total. The molecule has 0 atom stereocenters. The van der Waals surface area contributed by atoms with Crippen LogP contribution < -0.4 is 0 Å². The van der Waals surface area contributed by atoms with Crippen LogP contribution in [0.3, 0.4) is 0 Å². The predicted octanol–water partition coefficient (Wildman–Crippen LogP) is 2.18. The Kier molecular flexibility index (Phi) is 4.11. The van der Waals surface area contributed by atoms with Crippen molar-refractivity contribution >= 4 is 39.3 Å². The fourth-order valence-electron chi connectivity index (χ4n) is 1.02. The second-order valence-corrected chi connectivity index (χ2v) is 5.36. The zero-order chi connectivity index (χ0) is 11.3. The highest BCUT2D eigenvalue weighted by molar-refractivity contribution is 7.91. The minimum absolute atomic E-state index is 0.107. The summed E-state index contributed by atoms with van der Waals surface area (Å²) in [6.45, 7) is 1.62. The zero-order valence-corrected chi connectivity index (χ0v) is 9.88. The molecule has 1 aromatic carbocycles. The number of hydrogen-bond acceptors (Lipinski definition) is 4. The maximum Gasteiger partial charge on any atom is 0.178 e. The topological polar surface area (TPSA) is 46.5 Å². The average Bonchev–Trinajstić information content (AvgIpc) is 2.27. The summed E-state index contributed by atoms with van der Waals surface area (Å²) in [5, 5.41) is 1.40. The second-order valence-electron chi connectivity index (χ2n) is 2.81. The molecular weight excluding hydrogens is 230 g/mol. The summed E-state index contributed by atoms with van der Waals surface area (Å²) in [6.07, 6.45) is 1.48. The van der Waals surface area contributed by atoms with Crippen LogP contribution in [0.15, 0.2) is 34.2 Å². The first-order chi connectivity index (χ1) is 7.10. The highest BCUT2D eigenvalue weighted by Gasteiger charge is 2.10. The molecule has 0 bridgehead atoms. The van der Waals surface area contributed by atoms with E-state index < -0.39 is 9.84 Å². The summed E-state index contributed by atoms with van der Waals surface area (Å²) in [6, 6.07) is 6.40. The standard InChI is InChI=1S/C10H11NO2S2/c1-2-15(12,13)10-5-3-9(4-6-10)11-7-8-14/h3-8H,2H2,1H3. The summed E-state index contributed by atoms with van der Waals surface area (Å²) in [5.74, 6) is 0.107. The smallest absolute Gasteiger partial charge is 0.178 e. The van der Waals surface area contributed by atoms with Crippen LogP contribution >= 0.6 is 12.2 Å². The van der Waals surface area contributed by atoms with Gasteiger partial charge in [0.05, 0.1) is 16.3 Å². The highest BCUT2D eigenvalue weighted by atomic mass is 32.2. The molecule has 0 amide bonds. The fourth-order valence-corrected chi connectivity index (χ4v) is 1.97. The number of nitrogens with zero attached hydrogens (tertiary/aromatic N) is 1. The minimum atomic E-state index is -3.12. The van der Waals surface area contributed by atoms with E-state index >= 15 is 0 Å². The molecular formula is C10H11NO2S2. The second kappa shape index (κ2) is 5.14. The molecule has 0 aliphatic rings. The largest absolute Gasteiger partial charge is 0.256 e. The van der Waals surface area contributed by atoms with Gasteiger partial charge in [-0.2, -0.15) is 0 Å². The van der Waals surface area contributed by atoms with Gasteiger partial charge in [0.2, 0.25) is 0 Å². The third-order valence-electron chi connectivity index (χ3n) is 1.86. The van der Waals surface area contributed by atoms with Crippen molar-refractivity contribution in [2.75, 3.05) is 5.75 Å². The van der Waals surface area contributed by atoms with E-state index in [4.69, 9.17) is 0 Å². The first kappa shape index (κ1) is 12.0. The quantitative estimate of drug-likeness (QED) is 0.599. The monoisotopic (exact) mass is 241 g/mol. The Morgan fingerprint density at radius 3 is 2.40 bits per heavy atom. The van der Waals surface area contributed by atoms with Crippen LogP contribution in [0.4, 0.5) is 5.69 Å². The summed E-state index contributed by atoms with van der Waals surface area (Å²) >= 11 is 4.58. The van der Waals surface area contributed by atoms with Crippen LogP contribution in [0, 0.1) is 0 Å². The van der Waals surface area contributed by atoms with Gasteiger partial charge >= 0.3 is 0 Å². The molecule has 0 aliphatic heterocycles. The molecule has 1 aromatic rings. The van der Waals surface area contributed by atoms with Crippen molar-refractivity contribution in [1.82, 2.24) is 0 Å². The zero-order valence-electron chi connectivity index (χ0n) is 8.25. The maximum atomic E-state index is 11.5. The van der Waals surface area contributed by atoms with Gasteiger partial charge in [0, 0.05) is 11.6 Å². The lowest BCUT2D eigenvalue weighted by molar-refractivity contribution is 0.597. The summed E-state index contributed by atoms with van der Waals surface area (Å²) in [7, 11) is -3.12. The van der Waals surface area contributed by atoms with Crippen molar-refractivity contribution in [3.63, 3.8) is 0 Å². The van der Waals surface area contributed by atoms with Crippen molar-refractivity contribution in [1.29, 1.82) is 0 Å². The van der Waals surface area contributed by atoms with Crippen molar-refractivity contribution in [3.8, 4) is 0 Å². The minimum Gasteiger partial charge on any atom is -0.256 e. The van der Waals surface area contributed by atoms with Crippen molar-refractivity contribution < 1.29 is 8.42 Å². The Morgan fingerprint density at radius 2 is 1.93 bits per heavy atom. The molecule has 0 N–H and O–H groups in total. The van der Waals surface area contributed by atoms with Crippen molar-refractivity contribution in [2.24, 2.45) is 4.99 Å². The van der Waals surface area contributed by atoms with Crippen LogP contribution in [0.2, 0.25) is 0 Å². The summed E-state index contributed by atoms with van der Waals surface area (Å²) in [4.78, 5) is 4.32. The van der Waals surface area contributed by atoms with Gasteiger partial charge in [0.15, 0.2) is 9.84 Å². The Labute approximate surface area is 94.8 Å². The van der Waals surface area contributed by atoms with E-state index in [1.54, 1.807) is 31.2 Å². The summed E-state index contributed by atoms with van der Waals surface area (Å²) < 4.78 is 22.9.